The maximum absolute atomic E-state index is 12.5. The number of benzene rings is 1. The van der Waals surface area contributed by atoms with Gasteiger partial charge in [-0.1, -0.05) is 30.3 Å². The van der Waals surface area contributed by atoms with Crippen molar-refractivity contribution in [2.75, 3.05) is 13.1 Å². The molecule has 1 saturated heterocycles. The van der Waals surface area contributed by atoms with E-state index in [4.69, 9.17) is 0 Å². The van der Waals surface area contributed by atoms with E-state index in [0.717, 1.165) is 32.4 Å². The van der Waals surface area contributed by atoms with Crippen LogP contribution in [0.2, 0.25) is 0 Å². The van der Waals surface area contributed by atoms with Crippen LogP contribution in [0.1, 0.15) is 40.6 Å². The Hall–Kier alpha value is -1.68. The molecule has 22 heavy (non-hydrogen) atoms. The van der Waals surface area contributed by atoms with Gasteiger partial charge in [0.05, 0.1) is 5.01 Å². The van der Waals surface area contributed by atoms with Gasteiger partial charge in [0.2, 0.25) is 5.91 Å². The van der Waals surface area contributed by atoms with Crippen LogP contribution < -0.4 is 0 Å². The Bertz CT molecular complexity index is 623. The van der Waals surface area contributed by atoms with E-state index in [1.165, 1.54) is 15.4 Å². The van der Waals surface area contributed by atoms with Crippen molar-refractivity contribution in [1.82, 2.24) is 9.88 Å². The summed E-state index contributed by atoms with van der Waals surface area (Å²) in [7, 11) is 0. The zero-order chi connectivity index (χ0) is 15.4. The number of piperidine rings is 1. The monoisotopic (exact) mass is 314 g/mol. The molecular formula is C18H22N2OS. The van der Waals surface area contributed by atoms with E-state index in [9.17, 15) is 4.79 Å². The normalized spacial score (nSPS) is 18.4. The molecule has 1 aromatic carbocycles. The molecule has 1 amide bonds. The van der Waals surface area contributed by atoms with E-state index in [1.54, 1.807) is 11.3 Å². The topological polar surface area (TPSA) is 33.2 Å². The lowest BCUT2D eigenvalue weighted by Gasteiger charge is -2.32. The molecule has 1 aliphatic heterocycles. The first-order chi connectivity index (χ1) is 10.7. The second kappa shape index (κ2) is 7.05. The highest BCUT2D eigenvalue weighted by Crippen LogP contribution is 2.30. The quantitative estimate of drug-likeness (QED) is 0.860. The third kappa shape index (κ3) is 3.74. The predicted octanol–water partition coefficient (Wildman–Crippen LogP) is 3.79. The number of hydrogen-bond donors (Lipinski definition) is 0. The van der Waals surface area contributed by atoms with Crippen molar-refractivity contribution in [2.45, 2.75) is 38.5 Å². The fraction of sp³-hybridized carbons (Fsp3) is 0.444. The number of nitrogens with zero attached hydrogens (tertiary/aromatic N) is 2. The van der Waals surface area contributed by atoms with Gasteiger partial charge in [0.1, 0.15) is 0 Å². The highest BCUT2D eigenvalue weighted by Gasteiger charge is 2.26. The summed E-state index contributed by atoms with van der Waals surface area (Å²) in [4.78, 5) is 20.3. The third-order valence-corrected chi connectivity index (χ3v) is 5.31. The molecule has 2 heterocycles. The summed E-state index contributed by atoms with van der Waals surface area (Å²) >= 11 is 1.77. The van der Waals surface area contributed by atoms with Crippen LogP contribution in [0.4, 0.5) is 0 Å². The standard InChI is InChI=1S/C18H22N2OS/c1-14-12-19-18(22-14)16-8-5-11-20(13-16)17(21)10-9-15-6-3-2-4-7-15/h2-4,6-7,12,16H,5,8-11,13H2,1H3/t16-/m1/s1. The molecule has 1 aromatic heterocycles. The van der Waals surface area contributed by atoms with Crippen molar-refractivity contribution in [3.63, 3.8) is 0 Å². The second-order valence-electron chi connectivity index (χ2n) is 5.97. The Kier molecular flexibility index (Phi) is 4.88. The molecule has 0 aliphatic carbocycles. The van der Waals surface area contributed by atoms with E-state index in [2.05, 4.69) is 24.0 Å². The highest BCUT2D eigenvalue weighted by molar-refractivity contribution is 7.11. The molecule has 4 heteroatoms. The molecule has 1 atom stereocenters. The molecule has 0 saturated carbocycles. The third-order valence-electron chi connectivity index (χ3n) is 4.23. The minimum absolute atomic E-state index is 0.279. The molecule has 3 nitrogen and oxygen atoms in total. The van der Waals surface area contributed by atoms with Gasteiger partial charge in [0.15, 0.2) is 0 Å². The number of carbonyl (C=O) groups excluding carboxylic acids is 1. The number of thiazole rings is 1. The van der Waals surface area contributed by atoms with Gasteiger partial charge in [-0.15, -0.1) is 11.3 Å². The minimum Gasteiger partial charge on any atom is -0.342 e. The Labute approximate surface area is 136 Å². The second-order valence-corrected chi connectivity index (χ2v) is 7.24. The van der Waals surface area contributed by atoms with E-state index < -0.39 is 0 Å². The summed E-state index contributed by atoms with van der Waals surface area (Å²) in [5.41, 5.74) is 1.24. The fourth-order valence-corrected chi connectivity index (χ4v) is 3.92. The highest BCUT2D eigenvalue weighted by atomic mass is 32.1. The number of hydrogen-bond acceptors (Lipinski definition) is 3. The molecule has 0 radical (unpaired) electrons. The van der Waals surface area contributed by atoms with Gasteiger partial charge >= 0.3 is 0 Å². The van der Waals surface area contributed by atoms with E-state index in [-0.39, 0.29) is 5.91 Å². The summed E-state index contributed by atoms with van der Waals surface area (Å²) in [6, 6.07) is 10.2. The fourth-order valence-electron chi connectivity index (χ4n) is 3.02. The molecular weight excluding hydrogens is 292 g/mol. The van der Waals surface area contributed by atoms with E-state index in [1.807, 2.05) is 29.3 Å². The van der Waals surface area contributed by atoms with Crippen molar-refractivity contribution in [3.8, 4) is 0 Å². The maximum Gasteiger partial charge on any atom is 0.222 e. The lowest BCUT2D eigenvalue weighted by Crippen LogP contribution is -2.39. The zero-order valence-corrected chi connectivity index (χ0v) is 13.8. The number of aryl methyl sites for hydroxylation is 2. The Morgan fingerprint density at radius 1 is 1.36 bits per heavy atom. The van der Waals surface area contributed by atoms with Gasteiger partial charge in [-0.05, 0) is 31.7 Å². The number of rotatable bonds is 4. The Balaban J connectivity index is 1.56. The lowest BCUT2D eigenvalue weighted by atomic mass is 9.98. The first-order valence-corrected chi connectivity index (χ1v) is 8.78. The molecule has 0 N–H and O–H groups in total. The van der Waals surface area contributed by atoms with Crippen LogP contribution in [-0.2, 0) is 11.2 Å². The van der Waals surface area contributed by atoms with Gasteiger partial charge in [-0.3, -0.25) is 4.79 Å². The average Bonchev–Trinajstić information content (AvgIpc) is 3.00. The molecule has 0 bridgehead atoms. The summed E-state index contributed by atoms with van der Waals surface area (Å²) in [6.45, 7) is 3.82. The van der Waals surface area contributed by atoms with Crippen LogP contribution in [-0.4, -0.2) is 28.9 Å². The van der Waals surface area contributed by atoms with Crippen molar-refractivity contribution < 1.29 is 4.79 Å². The predicted molar refractivity (Wildman–Crippen MR) is 90.2 cm³/mol. The van der Waals surface area contributed by atoms with Crippen molar-refractivity contribution in [3.05, 3.63) is 52.0 Å². The van der Waals surface area contributed by atoms with Crippen LogP contribution in [0.5, 0.6) is 0 Å². The zero-order valence-electron chi connectivity index (χ0n) is 13.0. The summed E-state index contributed by atoms with van der Waals surface area (Å²) in [5, 5.41) is 1.19. The Morgan fingerprint density at radius 3 is 2.91 bits per heavy atom. The van der Waals surface area contributed by atoms with Crippen LogP contribution in [0, 0.1) is 6.92 Å². The van der Waals surface area contributed by atoms with E-state index in [0.29, 0.717) is 12.3 Å². The largest absolute Gasteiger partial charge is 0.342 e. The van der Waals surface area contributed by atoms with Crippen LogP contribution in [0.15, 0.2) is 36.5 Å². The molecule has 1 aliphatic rings. The van der Waals surface area contributed by atoms with Crippen LogP contribution in [0.3, 0.4) is 0 Å². The summed E-state index contributed by atoms with van der Waals surface area (Å²) < 4.78 is 0. The van der Waals surface area contributed by atoms with Gasteiger partial charge in [0.25, 0.3) is 0 Å². The average molecular weight is 314 g/mol. The van der Waals surface area contributed by atoms with Gasteiger partial charge in [-0.25, -0.2) is 4.98 Å². The van der Waals surface area contributed by atoms with Crippen molar-refractivity contribution >= 4 is 17.2 Å². The first-order valence-electron chi connectivity index (χ1n) is 7.96. The summed E-state index contributed by atoms with van der Waals surface area (Å²) in [5.74, 6) is 0.704. The van der Waals surface area contributed by atoms with Crippen molar-refractivity contribution in [1.29, 1.82) is 0 Å². The number of amides is 1. The molecule has 2 aromatic rings. The SMILES string of the molecule is Cc1cnc([C@@H]2CCCN(C(=O)CCc3ccccc3)C2)s1. The smallest absolute Gasteiger partial charge is 0.222 e. The maximum atomic E-state index is 12.5. The molecule has 116 valence electrons. The molecule has 0 unspecified atom stereocenters. The first kappa shape index (κ1) is 15.2. The lowest BCUT2D eigenvalue weighted by molar-refractivity contribution is -0.132. The minimum atomic E-state index is 0.279. The molecule has 3 rings (SSSR count). The number of aromatic nitrogens is 1. The van der Waals surface area contributed by atoms with Crippen molar-refractivity contribution in [2.24, 2.45) is 0 Å². The summed E-state index contributed by atoms with van der Waals surface area (Å²) in [6.07, 6.45) is 5.61. The van der Waals surface area contributed by atoms with Gasteiger partial charge in [-0.2, -0.15) is 0 Å². The molecule has 0 spiro atoms. The Morgan fingerprint density at radius 2 is 2.18 bits per heavy atom. The van der Waals surface area contributed by atoms with E-state index >= 15 is 0 Å². The van der Waals surface area contributed by atoms with Crippen LogP contribution in [0.25, 0.3) is 0 Å². The van der Waals surface area contributed by atoms with Gasteiger partial charge < -0.3 is 4.90 Å². The number of likely N-dealkylation sites (tertiary alicyclic amines) is 1. The number of carbonyl (C=O) groups is 1. The van der Waals surface area contributed by atoms with Gasteiger partial charge in [0, 0.05) is 36.5 Å². The molecule has 1 fully saturated rings. The van der Waals surface area contributed by atoms with Crippen LogP contribution >= 0.6 is 11.3 Å².